The number of amides is 1. The normalized spacial score (nSPS) is 14.0. The smallest absolute Gasteiger partial charge is 0.349 e. The molecule has 5 nitrogen and oxygen atoms in total. The second-order valence-corrected chi connectivity index (χ2v) is 6.35. The third-order valence-electron chi connectivity index (χ3n) is 4.61. The Hall–Kier alpha value is -2.56. The van der Waals surface area contributed by atoms with Crippen molar-refractivity contribution in [2.24, 2.45) is 0 Å². The number of benzene rings is 1. The van der Waals surface area contributed by atoms with Crippen molar-refractivity contribution in [1.29, 1.82) is 0 Å². The Labute approximate surface area is 147 Å². The molecule has 1 aliphatic carbocycles. The third kappa shape index (κ3) is 3.76. The van der Waals surface area contributed by atoms with Crippen LogP contribution in [0.5, 0.6) is 5.75 Å². The van der Waals surface area contributed by atoms with Crippen molar-refractivity contribution in [3.05, 3.63) is 63.2 Å². The van der Waals surface area contributed by atoms with Crippen LogP contribution in [-0.2, 0) is 6.54 Å². The fraction of sp³-hybridized carbons (Fsp3) is 0.400. The summed E-state index contributed by atoms with van der Waals surface area (Å²) in [7, 11) is 0. The summed E-state index contributed by atoms with van der Waals surface area (Å²) in [6.45, 7) is 4.53. The first-order chi connectivity index (χ1) is 12.1. The molecular formula is C20H23NO4. The van der Waals surface area contributed by atoms with E-state index in [4.69, 9.17) is 9.15 Å². The van der Waals surface area contributed by atoms with Gasteiger partial charge in [-0.15, -0.1) is 0 Å². The molecule has 0 saturated heterocycles. The van der Waals surface area contributed by atoms with Crippen LogP contribution in [0.4, 0.5) is 0 Å². The second kappa shape index (κ2) is 7.55. The van der Waals surface area contributed by atoms with E-state index in [9.17, 15) is 9.59 Å². The van der Waals surface area contributed by atoms with Crippen molar-refractivity contribution < 1.29 is 13.9 Å². The first-order valence-electron chi connectivity index (χ1n) is 8.73. The van der Waals surface area contributed by atoms with Crippen LogP contribution < -0.4 is 15.7 Å². The lowest BCUT2D eigenvalue weighted by molar-refractivity contribution is 0.0945. The van der Waals surface area contributed by atoms with E-state index in [1.54, 1.807) is 6.92 Å². The highest BCUT2D eigenvalue weighted by Gasteiger charge is 2.25. The van der Waals surface area contributed by atoms with Crippen LogP contribution in [0, 0.1) is 6.92 Å². The van der Waals surface area contributed by atoms with Crippen LogP contribution in [0.2, 0.25) is 0 Å². The molecule has 25 heavy (non-hydrogen) atoms. The van der Waals surface area contributed by atoms with Gasteiger partial charge in [0.15, 0.2) is 0 Å². The lowest BCUT2D eigenvalue weighted by Gasteiger charge is -2.24. The molecule has 2 aromatic rings. The molecule has 1 aromatic carbocycles. The molecule has 0 aliphatic heterocycles. The zero-order valence-electron chi connectivity index (χ0n) is 14.6. The van der Waals surface area contributed by atoms with Crippen molar-refractivity contribution in [3.8, 4) is 5.75 Å². The summed E-state index contributed by atoms with van der Waals surface area (Å²) in [5.74, 6) is 1.33. The van der Waals surface area contributed by atoms with Gasteiger partial charge in [0, 0.05) is 18.0 Å². The molecular weight excluding hydrogens is 318 g/mol. The van der Waals surface area contributed by atoms with E-state index in [0.717, 1.165) is 30.6 Å². The summed E-state index contributed by atoms with van der Waals surface area (Å²) in [4.78, 5) is 24.8. The summed E-state index contributed by atoms with van der Waals surface area (Å²) in [5.41, 5.74) is 1.05. The highest BCUT2D eigenvalue weighted by Crippen LogP contribution is 2.36. The predicted molar refractivity (Wildman–Crippen MR) is 95.1 cm³/mol. The van der Waals surface area contributed by atoms with Gasteiger partial charge in [-0.2, -0.15) is 0 Å². The molecule has 0 unspecified atom stereocenters. The van der Waals surface area contributed by atoms with E-state index in [1.165, 1.54) is 0 Å². The number of para-hydroxylation sites is 1. The maximum absolute atomic E-state index is 12.5. The minimum atomic E-state index is -0.558. The SMILES string of the molecule is CCOc1ccccc1CNC(=O)c1c(C)cc(C2CCC2)oc1=O. The van der Waals surface area contributed by atoms with Gasteiger partial charge in [-0.05, 0) is 44.4 Å². The largest absolute Gasteiger partial charge is 0.494 e. The topological polar surface area (TPSA) is 68.5 Å². The average molecular weight is 341 g/mol. The molecule has 1 fully saturated rings. The van der Waals surface area contributed by atoms with E-state index >= 15 is 0 Å². The zero-order chi connectivity index (χ0) is 17.8. The van der Waals surface area contributed by atoms with E-state index in [0.29, 0.717) is 23.8 Å². The van der Waals surface area contributed by atoms with Crippen LogP contribution in [-0.4, -0.2) is 12.5 Å². The van der Waals surface area contributed by atoms with Crippen LogP contribution in [0.3, 0.4) is 0 Å². The van der Waals surface area contributed by atoms with Gasteiger partial charge >= 0.3 is 5.63 Å². The number of hydrogen-bond donors (Lipinski definition) is 1. The summed E-state index contributed by atoms with van der Waals surface area (Å²) in [6, 6.07) is 9.35. The van der Waals surface area contributed by atoms with Crippen molar-refractivity contribution >= 4 is 5.91 Å². The number of aryl methyl sites for hydroxylation is 1. The van der Waals surface area contributed by atoms with E-state index in [1.807, 2.05) is 37.3 Å². The molecule has 5 heteroatoms. The first-order valence-corrected chi connectivity index (χ1v) is 8.73. The monoisotopic (exact) mass is 341 g/mol. The van der Waals surface area contributed by atoms with Crippen molar-refractivity contribution in [2.75, 3.05) is 6.61 Å². The molecule has 1 N–H and O–H groups in total. The van der Waals surface area contributed by atoms with Gasteiger partial charge in [0.1, 0.15) is 17.1 Å². The first kappa shape index (κ1) is 17.3. The maximum Gasteiger partial charge on any atom is 0.349 e. The zero-order valence-corrected chi connectivity index (χ0v) is 14.6. The Balaban J connectivity index is 1.74. The number of ether oxygens (including phenoxy) is 1. The number of hydrogen-bond acceptors (Lipinski definition) is 4. The second-order valence-electron chi connectivity index (χ2n) is 6.35. The number of nitrogens with one attached hydrogen (secondary N) is 1. The fourth-order valence-corrected chi connectivity index (χ4v) is 3.01. The highest BCUT2D eigenvalue weighted by atomic mass is 16.5. The van der Waals surface area contributed by atoms with Crippen LogP contribution in [0.25, 0.3) is 0 Å². The van der Waals surface area contributed by atoms with Gasteiger partial charge in [-0.25, -0.2) is 4.79 Å². The third-order valence-corrected chi connectivity index (χ3v) is 4.61. The van der Waals surface area contributed by atoms with Crippen molar-refractivity contribution in [3.63, 3.8) is 0 Å². The van der Waals surface area contributed by atoms with Crippen molar-refractivity contribution in [2.45, 2.75) is 45.6 Å². The Morgan fingerprint density at radius 3 is 2.72 bits per heavy atom. The Morgan fingerprint density at radius 1 is 1.32 bits per heavy atom. The van der Waals surface area contributed by atoms with E-state index in [2.05, 4.69) is 5.32 Å². The molecule has 0 spiro atoms. The predicted octanol–water partition coefficient (Wildman–Crippen LogP) is 3.54. The molecule has 132 valence electrons. The van der Waals surface area contributed by atoms with E-state index < -0.39 is 11.5 Å². The maximum atomic E-state index is 12.5. The Bertz CT molecular complexity index is 821. The van der Waals surface area contributed by atoms with Gasteiger partial charge in [-0.1, -0.05) is 24.6 Å². The fourth-order valence-electron chi connectivity index (χ4n) is 3.01. The van der Waals surface area contributed by atoms with Gasteiger partial charge < -0.3 is 14.5 Å². The molecule has 1 aromatic heterocycles. The minimum absolute atomic E-state index is 0.0805. The van der Waals surface area contributed by atoms with Crippen LogP contribution in [0.1, 0.15) is 59.3 Å². The average Bonchev–Trinajstić information content (AvgIpc) is 2.52. The quantitative estimate of drug-likeness (QED) is 0.872. The van der Waals surface area contributed by atoms with Gasteiger partial charge in [0.05, 0.1) is 6.61 Å². The molecule has 1 amide bonds. The van der Waals surface area contributed by atoms with Crippen LogP contribution in [0.15, 0.2) is 39.5 Å². The van der Waals surface area contributed by atoms with Crippen LogP contribution >= 0.6 is 0 Å². The summed E-state index contributed by atoms with van der Waals surface area (Å²) in [6.07, 6.45) is 3.25. The lowest BCUT2D eigenvalue weighted by atomic mass is 9.83. The van der Waals surface area contributed by atoms with E-state index in [-0.39, 0.29) is 12.1 Å². The molecule has 1 heterocycles. The standard InChI is InChI=1S/C20H23NO4/c1-3-24-16-10-5-4-7-15(16)12-21-19(22)18-13(2)11-17(25-20(18)23)14-8-6-9-14/h4-5,7,10-11,14H,3,6,8-9,12H2,1-2H3,(H,21,22). The molecule has 1 saturated carbocycles. The summed E-state index contributed by atoms with van der Waals surface area (Å²) < 4.78 is 10.9. The molecule has 0 bridgehead atoms. The Morgan fingerprint density at radius 2 is 2.08 bits per heavy atom. The molecule has 0 atom stereocenters. The summed E-state index contributed by atoms with van der Waals surface area (Å²) >= 11 is 0. The Kier molecular flexibility index (Phi) is 5.22. The number of carbonyl (C=O) groups excluding carboxylic acids is 1. The van der Waals surface area contributed by atoms with Gasteiger partial charge in [-0.3, -0.25) is 4.79 Å². The van der Waals surface area contributed by atoms with Gasteiger partial charge in [0.25, 0.3) is 5.91 Å². The number of rotatable bonds is 6. The molecule has 0 radical (unpaired) electrons. The van der Waals surface area contributed by atoms with Crippen molar-refractivity contribution in [1.82, 2.24) is 5.32 Å². The van der Waals surface area contributed by atoms with Gasteiger partial charge in [0.2, 0.25) is 0 Å². The highest BCUT2D eigenvalue weighted by molar-refractivity contribution is 5.95. The minimum Gasteiger partial charge on any atom is -0.494 e. The molecule has 1 aliphatic rings. The number of carbonyl (C=O) groups is 1. The molecule has 3 rings (SSSR count). The summed E-state index contributed by atoms with van der Waals surface area (Å²) in [5, 5.41) is 2.79. The lowest BCUT2D eigenvalue weighted by Crippen LogP contribution is -2.30.